The van der Waals surface area contributed by atoms with Crippen molar-refractivity contribution in [2.24, 2.45) is 0 Å². The molecule has 0 fully saturated rings. The lowest BCUT2D eigenvalue weighted by Crippen LogP contribution is -2.30. The molecule has 10 heteroatoms. The Morgan fingerprint density at radius 1 is 1.11 bits per heavy atom. The molecule has 1 N–H and O–H groups in total. The van der Waals surface area contributed by atoms with Gasteiger partial charge in [-0.05, 0) is 52.0 Å². The van der Waals surface area contributed by atoms with Gasteiger partial charge in [0, 0.05) is 24.1 Å². The third-order valence-electron chi connectivity index (χ3n) is 5.69. The molecule has 7 nitrogen and oxygen atoms in total. The second-order valence-corrected chi connectivity index (χ2v) is 8.82. The fourth-order valence-electron chi connectivity index (χ4n) is 3.88. The molecule has 186 valence electrons. The molecule has 3 heterocycles. The van der Waals surface area contributed by atoms with Gasteiger partial charge in [-0.15, -0.1) is 0 Å². The van der Waals surface area contributed by atoms with Crippen molar-refractivity contribution >= 4 is 16.7 Å². The zero-order valence-corrected chi connectivity index (χ0v) is 20.2. The number of benzene rings is 1. The number of halogens is 3. The first-order chi connectivity index (χ1) is 16.5. The highest BCUT2D eigenvalue weighted by atomic mass is 19.4. The van der Waals surface area contributed by atoms with Crippen molar-refractivity contribution in [2.45, 2.75) is 51.9 Å². The van der Waals surface area contributed by atoms with Crippen LogP contribution in [0.5, 0.6) is 11.5 Å². The molecule has 35 heavy (non-hydrogen) atoms. The SMILES string of the molecule is COc1cc2nc(C)nc(NC(C)(C)c3cc(C(F)(F)F)ccn3)c2cc1OC(C)C1=CCCO1. The van der Waals surface area contributed by atoms with Crippen LogP contribution in [0.15, 0.2) is 42.3 Å². The van der Waals surface area contributed by atoms with Crippen LogP contribution in [-0.2, 0) is 16.5 Å². The van der Waals surface area contributed by atoms with Crippen molar-refractivity contribution in [3.63, 3.8) is 0 Å². The maximum absolute atomic E-state index is 13.3. The molecule has 0 aliphatic carbocycles. The maximum Gasteiger partial charge on any atom is 0.416 e. The van der Waals surface area contributed by atoms with Gasteiger partial charge in [0.05, 0.1) is 36.0 Å². The van der Waals surface area contributed by atoms with Gasteiger partial charge in [-0.1, -0.05) is 0 Å². The van der Waals surface area contributed by atoms with E-state index in [4.69, 9.17) is 14.2 Å². The molecule has 1 atom stereocenters. The Hall–Kier alpha value is -3.56. The van der Waals surface area contributed by atoms with Crippen LogP contribution in [0.1, 0.15) is 44.3 Å². The van der Waals surface area contributed by atoms with Gasteiger partial charge >= 0.3 is 6.18 Å². The molecular weight excluding hydrogens is 461 g/mol. The van der Waals surface area contributed by atoms with E-state index in [9.17, 15) is 13.2 Å². The Bertz CT molecular complexity index is 1270. The second-order valence-electron chi connectivity index (χ2n) is 8.82. The van der Waals surface area contributed by atoms with Gasteiger partial charge in [0.2, 0.25) is 0 Å². The number of alkyl halides is 3. The van der Waals surface area contributed by atoms with Crippen LogP contribution in [0.3, 0.4) is 0 Å². The van der Waals surface area contributed by atoms with Gasteiger partial charge in [-0.25, -0.2) is 9.97 Å². The first kappa shape index (κ1) is 24.6. The Balaban J connectivity index is 1.74. The summed E-state index contributed by atoms with van der Waals surface area (Å²) in [5, 5.41) is 3.88. The molecule has 0 saturated carbocycles. The van der Waals surface area contributed by atoms with E-state index in [1.54, 1.807) is 40.0 Å². The van der Waals surface area contributed by atoms with E-state index in [0.717, 1.165) is 30.5 Å². The average Bonchev–Trinajstić information content (AvgIpc) is 3.33. The Labute approximate surface area is 201 Å². The summed E-state index contributed by atoms with van der Waals surface area (Å²) in [4.78, 5) is 13.2. The second kappa shape index (κ2) is 9.24. The smallest absolute Gasteiger partial charge is 0.416 e. The normalized spacial score (nSPS) is 14.9. The molecule has 1 aliphatic heterocycles. The number of pyridine rings is 1. The highest BCUT2D eigenvalue weighted by molar-refractivity contribution is 5.92. The summed E-state index contributed by atoms with van der Waals surface area (Å²) in [5.41, 5.74) is -0.924. The number of hydrogen-bond acceptors (Lipinski definition) is 7. The first-order valence-electron chi connectivity index (χ1n) is 11.2. The molecule has 1 aromatic carbocycles. The number of rotatable bonds is 7. The lowest BCUT2D eigenvalue weighted by Gasteiger charge is -2.28. The average molecular weight is 489 g/mol. The van der Waals surface area contributed by atoms with E-state index in [1.165, 1.54) is 0 Å². The van der Waals surface area contributed by atoms with E-state index in [2.05, 4.69) is 20.3 Å². The number of aryl methyl sites for hydroxylation is 1. The topological polar surface area (TPSA) is 78.4 Å². The zero-order valence-electron chi connectivity index (χ0n) is 20.2. The van der Waals surface area contributed by atoms with Gasteiger partial charge in [-0.3, -0.25) is 4.98 Å². The highest BCUT2D eigenvalue weighted by Crippen LogP contribution is 2.38. The molecule has 0 spiro atoms. The standard InChI is InChI=1S/C25H27F3N4O3/c1-14(19-7-6-10-34-19)35-21-12-17-18(13-20(21)33-5)30-15(2)31-23(17)32-24(3,4)22-11-16(8-9-29-22)25(26,27)28/h7-9,11-14H,6,10H2,1-5H3,(H,30,31,32). The number of ether oxygens (including phenoxy) is 3. The molecule has 0 bridgehead atoms. The Kier molecular flexibility index (Phi) is 6.48. The van der Waals surface area contributed by atoms with Gasteiger partial charge < -0.3 is 19.5 Å². The van der Waals surface area contributed by atoms with Crippen LogP contribution in [0.4, 0.5) is 19.0 Å². The molecule has 3 aromatic rings. The first-order valence-corrected chi connectivity index (χ1v) is 11.2. The predicted octanol–water partition coefficient (Wildman–Crippen LogP) is 5.78. The summed E-state index contributed by atoms with van der Waals surface area (Å²) >= 11 is 0. The lowest BCUT2D eigenvalue weighted by atomic mass is 9.98. The third kappa shape index (κ3) is 5.26. The van der Waals surface area contributed by atoms with Crippen LogP contribution in [0.2, 0.25) is 0 Å². The number of nitrogens with one attached hydrogen (secondary N) is 1. The molecule has 0 saturated heterocycles. The summed E-state index contributed by atoms with van der Waals surface area (Å²) in [6, 6.07) is 5.50. The number of anilines is 1. The molecule has 4 rings (SSSR count). The van der Waals surface area contributed by atoms with Gasteiger partial charge in [0.1, 0.15) is 17.4 Å². The van der Waals surface area contributed by atoms with E-state index >= 15 is 0 Å². The van der Waals surface area contributed by atoms with Gasteiger partial charge in [-0.2, -0.15) is 13.2 Å². The zero-order chi connectivity index (χ0) is 25.4. The molecule has 1 unspecified atom stereocenters. The van der Waals surface area contributed by atoms with Crippen molar-refractivity contribution in [2.75, 3.05) is 19.0 Å². The highest BCUT2D eigenvalue weighted by Gasteiger charge is 2.33. The van der Waals surface area contributed by atoms with Gasteiger partial charge in [0.25, 0.3) is 0 Å². The molecule has 2 aromatic heterocycles. The van der Waals surface area contributed by atoms with Crippen molar-refractivity contribution in [1.82, 2.24) is 15.0 Å². The van der Waals surface area contributed by atoms with Crippen LogP contribution in [0, 0.1) is 6.92 Å². The van der Waals surface area contributed by atoms with Crippen LogP contribution >= 0.6 is 0 Å². The Morgan fingerprint density at radius 3 is 2.54 bits per heavy atom. The monoisotopic (exact) mass is 488 g/mol. The lowest BCUT2D eigenvalue weighted by molar-refractivity contribution is -0.137. The van der Waals surface area contributed by atoms with Crippen LogP contribution < -0.4 is 14.8 Å². The Morgan fingerprint density at radius 2 is 1.89 bits per heavy atom. The quantitative estimate of drug-likeness (QED) is 0.452. The van der Waals surface area contributed by atoms with E-state index in [1.807, 2.05) is 13.0 Å². The summed E-state index contributed by atoms with van der Waals surface area (Å²) in [6.45, 7) is 7.73. The summed E-state index contributed by atoms with van der Waals surface area (Å²) in [6.07, 6.45) is -0.829. The number of methoxy groups -OCH3 is 1. The number of fused-ring (bicyclic) bond motifs is 1. The number of aromatic nitrogens is 3. The van der Waals surface area contributed by atoms with E-state index in [-0.39, 0.29) is 11.8 Å². The van der Waals surface area contributed by atoms with E-state index in [0.29, 0.717) is 40.7 Å². The predicted molar refractivity (Wildman–Crippen MR) is 125 cm³/mol. The summed E-state index contributed by atoms with van der Waals surface area (Å²) in [5.74, 6) is 2.64. The molecule has 0 radical (unpaired) electrons. The van der Waals surface area contributed by atoms with Gasteiger partial charge in [0.15, 0.2) is 17.6 Å². The molecule has 0 amide bonds. The summed E-state index contributed by atoms with van der Waals surface area (Å²) in [7, 11) is 1.54. The van der Waals surface area contributed by atoms with Crippen LogP contribution in [0.25, 0.3) is 10.9 Å². The van der Waals surface area contributed by atoms with E-state index < -0.39 is 17.3 Å². The minimum absolute atomic E-state index is 0.223. The maximum atomic E-state index is 13.3. The fraction of sp³-hybridized carbons (Fsp3) is 0.400. The van der Waals surface area contributed by atoms with Crippen molar-refractivity contribution in [1.29, 1.82) is 0 Å². The number of nitrogens with zero attached hydrogens (tertiary/aromatic N) is 3. The van der Waals surface area contributed by atoms with Crippen molar-refractivity contribution in [3.8, 4) is 11.5 Å². The third-order valence-corrected chi connectivity index (χ3v) is 5.69. The minimum Gasteiger partial charge on any atom is -0.494 e. The molecule has 1 aliphatic rings. The molecular formula is C25H27F3N4O3. The summed E-state index contributed by atoms with van der Waals surface area (Å²) < 4.78 is 57.1. The van der Waals surface area contributed by atoms with Crippen molar-refractivity contribution in [3.05, 3.63) is 59.4 Å². The fourth-order valence-corrected chi connectivity index (χ4v) is 3.88. The minimum atomic E-state index is -4.47. The van der Waals surface area contributed by atoms with Crippen LogP contribution in [-0.4, -0.2) is 34.8 Å². The van der Waals surface area contributed by atoms with Crippen molar-refractivity contribution < 1.29 is 27.4 Å². The number of hydrogen-bond donors (Lipinski definition) is 1. The largest absolute Gasteiger partial charge is 0.494 e.